The fraction of sp³-hybridized carbons (Fsp3) is 0.588. The highest BCUT2D eigenvalue weighted by Gasteiger charge is 2.26. The van der Waals surface area contributed by atoms with Crippen molar-refractivity contribution in [1.29, 1.82) is 0 Å². The Kier molecular flexibility index (Phi) is 6.22. The summed E-state index contributed by atoms with van der Waals surface area (Å²) >= 11 is 12.0. The van der Waals surface area contributed by atoms with Crippen LogP contribution in [0.25, 0.3) is 0 Å². The summed E-state index contributed by atoms with van der Waals surface area (Å²) in [6.07, 6.45) is 1.84. The lowest BCUT2D eigenvalue weighted by Gasteiger charge is -2.34. The van der Waals surface area contributed by atoms with Gasteiger partial charge in [-0.25, -0.2) is 4.79 Å². The van der Waals surface area contributed by atoms with Crippen molar-refractivity contribution in [3.63, 3.8) is 0 Å². The van der Waals surface area contributed by atoms with E-state index in [1.54, 1.807) is 17.0 Å². The Morgan fingerprint density at radius 2 is 2.00 bits per heavy atom. The number of rotatable bonds is 3. The molecule has 24 heavy (non-hydrogen) atoms. The first-order valence-corrected chi connectivity index (χ1v) is 9.06. The van der Waals surface area contributed by atoms with Crippen LogP contribution < -0.4 is 5.32 Å². The molecule has 2 saturated heterocycles. The lowest BCUT2D eigenvalue weighted by Crippen LogP contribution is -2.48. The van der Waals surface area contributed by atoms with Crippen LogP contribution in [0.5, 0.6) is 0 Å². The molecule has 0 saturated carbocycles. The van der Waals surface area contributed by atoms with E-state index >= 15 is 0 Å². The Balaban J connectivity index is 1.54. The van der Waals surface area contributed by atoms with Gasteiger partial charge >= 0.3 is 6.03 Å². The minimum Gasteiger partial charge on any atom is -0.381 e. The van der Waals surface area contributed by atoms with Gasteiger partial charge in [0, 0.05) is 26.3 Å². The van der Waals surface area contributed by atoms with E-state index in [2.05, 4.69) is 5.32 Å². The maximum absolute atomic E-state index is 12.4. The molecule has 0 aromatic heterocycles. The Bertz CT molecular complexity index is 579. The minimum atomic E-state index is -0.178. The molecular formula is C17H22Cl2N2O3. The topological polar surface area (TPSA) is 50.8 Å². The van der Waals surface area contributed by atoms with Gasteiger partial charge in [0.2, 0.25) is 0 Å². The first kappa shape index (κ1) is 17.8. The van der Waals surface area contributed by atoms with Crippen LogP contribution in [0.1, 0.15) is 24.5 Å². The fourth-order valence-corrected chi connectivity index (χ4v) is 3.35. The number of hydrogen-bond donors (Lipinski definition) is 1. The summed E-state index contributed by atoms with van der Waals surface area (Å²) in [5.41, 5.74) is 0.936. The normalized spacial score (nSPS) is 22.4. The second kappa shape index (κ2) is 8.39. The molecule has 1 N–H and O–H groups in total. The van der Waals surface area contributed by atoms with Crippen LogP contribution in [0.2, 0.25) is 10.0 Å². The molecule has 0 radical (unpaired) electrons. The number of amides is 2. The van der Waals surface area contributed by atoms with Gasteiger partial charge in [0.15, 0.2) is 0 Å². The highest BCUT2D eigenvalue weighted by atomic mass is 35.5. The van der Waals surface area contributed by atoms with Crippen molar-refractivity contribution < 1.29 is 14.3 Å². The quantitative estimate of drug-likeness (QED) is 0.882. The van der Waals surface area contributed by atoms with Crippen LogP contribution in [-0.4, -0.2) is 50.4 Å². The zero-order valence-electron chi connectivity index (χ0n) is 13.5. The van der Waals surface area contributed by atoms with Crippen LogP contribution in [0, 0.1) is 5.92 Å². The highest BCUT2D eigenvalue weighted by molar-refractivity contribution is 6.42. The van der Waals surface area contributed by atoms with Crippen molar-refractivity contribution in [1.82, 2.24) is 10.2 Å². The fourth-order valence-electron chi connectivity index (χ4n) is 3.04. The Morgan fingerprint density at radius 3 is 2.75 bits per heavy atom. The third kappa shape index (κ3) is 4.54. The summed E-state index contributed by atoms with van der Waals surface area (Å²) in [7, 11) is 0. The average Bonchev–Trinajstić information content (AvgIpc) is 2.63. The van der Waals surface area contributed by atoms with Gasteiger partial charge in [-0.05, 0) is 36.5 Å². The van der Waals surface area contributed by atoms with Crippen LogP contribution in [0.4, 0.5) is 4.79 Å². The van der Waals surface area contributed by atoms with Gasteiger partial charge in [-0.3, -0.25) is 0 Å². The number of nitrogens with one attached hydrogen (secondary N) is 1. The summed E-state index contributed by atoms with van der Waals surface area (Å²) in [4.78, 5) is 14.2. The number of carbonyl (C=O) groups excluding carboxylic acids is 1. The first-order valence-electron chi connectivity index (χ1n) is 8.30. The molecule has 0 bridgehead atoms. The van der Waals surface area contributed by atoms with Gasteiger partial charge in [-0.15, -0.1) is 0 Å². The summed E-state index contributed by atoms with van der Waals surface area (Å²) in [6, 6.07) is 5.42. The van der Waals surface area contributed by atoms with E-state index in [1.165, 1.54) is 0 Å². The van der Waals surface area contributed by atoms with Gasteiger partial charge < -0.3 is 19.7 Å². The molecule has 1 atom stereocenters. The van der Waals surface area contributed by atoms with Crippen LogP contribution in [0.3, 0.4) is 0 Å². The number of urea groups is 1. The van der Waals surface area contributed by atoms with E-state index in [0.29, 0.717) is 42.2 Å². The zero-order valence-corrected chi connectivity index (χ0v) is 15.0. The molecule has 2 heterocycles. The minimum absolute atomic E-state index is 0.0325. The van der Waals surface area contributed by atoms with E-state index in [0.717, 1.165) is 31.6 Å². The lowest BCUT2D eigenvalue weighted by atomic mass is 10.0. The summed E-state index contributed by atoms with van der Waals surface area (Å²) in [5, 5.41) is 4.06. The van der Waals surface area contributed by atoms with E-state index in [1.807, 2.05) is 6.07 Å². The first-order chi connectivity index (χ1) is 11.6. The third-order valence-corrected chi connectivity index (χ3v) is 5.29. The second-order valence-corrected chi connectivity index (χ2v) is 7.04. The van der Waals surface area contributed by atoms with E-state index in [-0.39, 0.29) is 12.1 Å². The number of ether oxygens (including phenoxy) is 2. The van der Waals surface area contributed by atoms with Gasteiger partial charge in [0.25, 0.3) is 0 Å². The molecule has 2 fully saturated rings. The SMILES string of the molecule is O=C(NCC1CCOCC1)N1CCO[C@@H](c2ccc(Cl)c(Cl)c2)C1. The molecule has 1 aromatic rings. The molecule has 0 unspecified atom stereocenters. The number of carbonyl (C=O) groups is 1. The molecule has 2 aliphatic rings. The van der Waals surface area contributed by atoms with Crippen molar-refractivity contribution in [2.75, 3.05) is 39.5 Å². The molecule has 132 valence electrons. The number of nitrogens with zero attached hydrogens (tertiary/aromatic N) is 1. The summed E-state index contributed by atoms with van der Waals surface area (Å²) in [6.45, 7) is 3.90. The number of benzene rings is 1. The standard InChI is InChI=1S/C17H22Cl2N2O3/c18-14-2-1-13(9-15(14)19)16-11-21(5-8-24-16)17(22)20-10-12-3-6-23-7-4-12/h1-2,9,12,16H,3-8,10-11H2,(H,20,22)/t16-/m1/s1. The third-order valence-electron chi connectivity index (χ3n) is 4.55. The predicted molar refractivity (Wildman–Crippen MR) is 93.7 cm³/mol. The van der Waals surface area contributed by atoms with Crippen LogP contribution >= 0.6 is 23.2 Å². The van der Waals surface area contributed by atoms with Crippen molar-refractivity contribution in [2.24, 2.45) is 5.92 Å². The summed E-state index contributed by atoms with van der Waals surface area (Å²) < 4.78 is 11.1. The second-order valence-electron chi connectivity index (χ2n) is 6.22. The lowest BCUT2D eigenvalue weighted by molar-refractivity contribution is -0.0157. The number of halogens is 2. The number of morpholine rings is 1. The molecule has 2 aliphatic heterocycles. The maximum Gasteiger partial charge on any atom is 0.317 e. The van der Waals surface area contributed by atoms with Crippen LogP contribution in [-0.2, 0) is 9.47 Å². The molecule has 0 spiro atoms. The molecule has 1 aromatic carbocycles. The van der Waals surface area contributed by atoms with E-state index in [4.69, 9.17) is 32.7 Å². The van der Waals surface area contributed by atoms with Gasteiger partial charge in [-0.1, -0.05) is 29.3 Å². The van der Waals surface area contributed by atoms with Crippen molar-refractivity contribution in [3.05, 3.63) is 33.8 Å². The molecule has 2 amide bonds. The maximum atomic E-state index is 12.4. The van der Waals surface area contributed by atoms with Crippen LogP contribution in [0.15, 0.2) is 18.2 Å². The average molecular weight is 373 g/mol. The Morgan fingerprint density at radius 1 is 1.21 bits per heavy atom. The largest absolute Gasteiger partial charge is 0.381 e. The Hall–Kier alpha value is -1.01. The van der Waals surface area contributed by atoms with Crippen molar-refractivity contribution in [2.45, 2.75) is 18.9 Å². The molecule has 5 nitrogen and oxygen atoms in total. The van der Waals surface area contributed by atoms with Crippen molar-refractivity contribution in [3.8, 4) is 0 Å². The highest BCUT2D eigenvalue weighted by Crippen LogP contribution is 2.29. The van der Waals surface area contributed by atoms with Gasteiger partial charge in [-0.2, -0.15) is 0 Å². The van der Waals surface area contributed by atoms with E-state index < -0.39 is 0 Å². The van der Waals surface area contributed by atoms with Gasteiger partial charge in [0.1, 0.15) is 6.10 Å². The van der Waals surface area contributed by atoms with E-state index in [9.17, 15) is 4.79 Å². The van der Waals surface area contributed by atoms with Gasteiger partial charge in [0.05, 0.1) is 23.2 Å². The predicted octanol–water partition coefficient (Wildman–Crippen LogP) is 3.50. The zero-order chi connectivity index (χ0) is 16.9. The smallest absolute Gasteiger partial charge is 0.317 e. The summed E-state index contributed by atoms with van der Waals surface area (Å²) in [5.74, 6) is 0.509. The Labute approximate surface area is 152 Å². The molecular weight excluding hydrogens is 351 g/mol. The monoisotopic (exact) mass is 372 g/mol. The number of hydrogen-bond acceptors (Lipinski definition) is 3. The molecule has 3 rings (SSSR count). The molecule has 7 heteroatoms. The van der Waals surface area contributed by atoms with Crippen molar-refractivity contribution >= 4 is 29.2 Å². The molecule has 0 aliphatic carbocycles.